The Morgan fingerprint density at radius 2 is 1.85 bits per heavy atom. The highest BCUT2D eigenvalue weighted by atomic mass is 35.5. The van der Waals surface area contributed by atoms with Crippen molar-refractivity contribution in [3.05, 3.63) is 64.7 Å². The van der Waals surface area contributed by atoms with E-state index in [1.54, 1.807) is 24.3 Å². The van der Waals surface area contributed by atoms with Crippen molar-refractivity contribution in [2.45, 2.75) is 13.3 Å². The molecule has 0 saturated carbocycles. The van der Waals surface area contributed by atoms with Crippen LogP contribution in [0.25, 0.3) is 0 Å². The number of rotatable bonds is 5. The Balaban J connectivity index is 1.50. The maximum atomic E-state index is 12.6. The molecule has 1 heterocycles. The van der Waals surface area contributed by atoms with Gasteiger partial charge in [-0.25, -0.2) is 0 Å². The van der Waals surface area contributed by atoms with E-state index in [0.717, 1.165) is 30.8 Å². The van der Waals surface area contributed by atoms with Gasteiger partial charge in [-0.3, -0.25) is 9.59 Å². The number of carbonyl (C=O) groups is 2. The summed E-state index contributed by atoms with van der Waals surface area (Å²) in [5, 5.41) is 3.58. The summed E-state index contributed by atoms with van der Waals surface area (Å²) in [5.74, 6) is 0.0124. The second-order valence-corrected chi connectivity index (χ2v) is 7.22. The predicted molar refractivity (Wildman–Crippen MR) is 107 cm³/mol. The molecule has 1 saturated heterocycles. The SMILES string of the molecule is CCc1ccccc1NC(=O)C[NH+]1CCN(C(=O)c2cccc(Cl)c2)CC1. The zero-order chi connectivity index (χ0) is 19.2. The van der Waals surface area contributed by atoms with Crippen LogP contribution in [0.1, 0.15) is 22.8 Å². The Bertz CT molecular complexity index is 817. The van der Waals surface area contributed by atoms with Crippen LogP contribution < -0.4 is 10.2 Å². The summed E-state index contributed by atoms with van der Waals surface area (Å²) in [5.41, 5.74) is 2.64. The number of nitrogens with zero attached hydrogens (tertiary/aromatic N) is 1. The van der Waals surface area contributed by atoms with Crippen molar-refractivity contribution in [1.29, 1.82) is 0 Å². The minimum atomic E-state index is -0.00197. The fourth-order valence-electron chi connectivity index (χ4n) is 3.38. The van der Waals surface area contributed by atoms with E-state index in [-0.39, 0.29) is 11.8 Å². The zero-order valence-electron chi connectivity index (χ0n) is 15.5. The van der Waals surface area contributed by atoms with E-state index in [9.17, 15) is 9.59 Å². The lowest BCUT2D eigenvalue weighted by molar-refractivity contribution is -0.895. The van der Waals surface area contributed by atoms with Gasteiger partial charge in [-0.1, -0.05) is 42.8 Å². The number of quaternary nitrogens is 1. The number of piperazine rings is 1. The summed E-state index contributed by atoms with van der Waals surface area (Å²) in [6.07, 6.45) is 0.883. The fraction of sp³-hybridized carbons (Fsp3) is 0.333. The first-order valence-electron chi connectivity index (χ1n) is 9.33. The van der Waals surface area contributed by atoms with Gasteiger partial charge in [0.05, 0.1) is 26.2 Å². The molecule has 5 nitrogen and oxygen atoms in total. The molecule has 0 bridgehead atoms. The molecule has 1 aliphatic heterocycles. The Hall–Kier alpha value is -2.37. The summed E-state index contributed by atoms with van der Waals surface area (Å²) < 4.78 is 0. The van der Waals surface area contributed by atoms with Gasteiger partial charge in [-0.2, -0.15) is 0 Å². The third-order valence-corrected chi connectivity index (χ3v) is 5.15. The molecule has 0 aliphatic carbocycles. The van der Waals surface area contributed by atoms with Gasteiger partial charge in [-0.15, -0.1) is 0 Å². The standard InChI is InChI=1S/C21H24ClN3O2/c1-2-16-6-3-4-9-19(16)23-20(26)15-24-10-12-25(13-11-24)21(27)17-7-5-8-18(22)14-17/h3-9,14H,2,10-13,15H2,1H3,(H,23,26)/p+1. The van der Waals surface area contributed by atoms with Crippen molar-refractivity contribution >= 4 is 29.1 Å². The van der Waals surface area contributed by atoms with Gasteiger partial charge in [0.15, 0.2) is 6.54 Å². The summed E-state index contributed by atoms with van der Waals surface area (Å²) in [6, 6.07) is 14.9. The lowest BCUT2D eigenvalue weighted by atomic mass is 10.1. The van der Waals surface area contributed by atoms with Crippen LogP contribution in [0.15, 0.2) is 48.5 Å². The highest BCUT2D eigenvalue weighted by Crippen LogP contribution is 2.15. The summed E-state index contributed by atoms with van der Waals surface area (Å²) in [4.78, 5) is 28.0. The molecule has 6 heteroatoms. The van der Waals surface area contributed by atoms with E-state index in [2.05, 4.69) is 12.2 Å². The van der Waals surface area contributed by atoms with Crippen LogP contribution >= 0.6 is 11.6 Å². The second kappa shape index (κ2) is 9.02. The number of anilines is 1. The van der Waals surface area contributed by atoms with E-state index < -0.39 is 0 Å². The van der Waals surface area contributed by atoms with Crippen LogP contribution in [-0.2, 0) is 11.2 Å². The van der Waals surface area contributed by atoms with E-state index in [0.29, 0.717) is 30.2 Å². The Kier molecular flexibility index (Phi) is 6.48. The molecule has 2 amide bonds. The normalized spacial score (nSPS) is 14.8. The van der Waals surface area contributed by atoms with Crippen LogP contribution in [0.4, 0.5) is 5.69 Å². The lowest BCUT2D eigenvalue weighted by Gasteiger charge is -2.32. The Labute approximate surface area is 164 Å². The van der Waals surface area contributed by atoms with E-state index in [1.807, 2.05) is 29.2 Å². The first-order chi connectivity index (χ1) is 13.1. The number of aryl methyl sites for hydroxylation is 1. The summed E-state index contributed by atoms with van der Waals surface area (Å²) in [6.45, 7) is 5.28. The number of hydrogen-bond donors (Lipinski definition) is 2. The summed E-state index contributed by atoms with van der Waals surface area (Å²) >= 11 is 5.98. The number of benzene rings is 2. The summed E-state index contributed by atoms with van der Waals surface area (Å²) in [7, 11) is 0. The van der Waals surface area contributed by atoms with Crippen LogP contribution in [0.5, 0.6) is 0 Å². The molecule has 0 radical (unpaired) electrons. The topological polar surface area (TPSA) is 53.9 Å². The maximum absolute atomic E-state index is 12.6. The van der Waals surface area contributed by atoms with E-state index >= 15 is 0 Å². The number of carbonyl (C=O) groups excluding carboxylic acids is 2. The molecule has 1 fully saturated rings. The van der Waals surface area contributed by atoms with Gasteiger partial charge in [0.2, 0.25) is 0 Å². The molecule has 0 spiro atoms. The molecule has 2 aromatic carbocycles. The van der Waals surface area contributed by atoms with Crippen molar-refractivity contribution in [2.75, 3.05) is 38.0 Å². The molecule has 0 unspecified atom stereocenters. The van der Waals surface area contributed by atoms with Gasteiger partial charge >= 0.3 is 0 Å². The molecule has 3 rings (SSSR count). The lowest BCUT2D eigenvalue weighted by Crippen LogP contribution is -3.15. The van der Waals surface area contributed by atoms with Crippen LogP contribution in [0.3, 0.4) is 0 Å². The maximum Gasteiger partial charge on any atom is 0.279 e. The fourth-order valence-corrected chi connectivity index (χ4v) is 3.57. The minimum absolute atomic E-state index is 0.00197. The minimum Gasteiger partial charge on any atom is -0.327 e. The van der Waals surface area contributed by atoms with Gasteiger partial charge in [0.25, 0.3) is 11.8 Å². The molecule has 0 atom stereocenters. The van der Waals surface area contributed by atoms with Crippen LogP contribution in [0.2, 0.25) is 5.02 Å². The van der Waals surface area contributed by atoms with Gasteiger partial charge < -0.3 is 15.1 Å². The number of amides is 2. The third-order valence-electron chi connectivity index (χ3n) is 4.91. The highest BCUT2D eigenvalue weighted by molar-refractivity contribution is 6.30. The second-order valence-electron chi connectivity index (χ2n) is 6.79. The zero-order valence-corrected chi connectivity index (χ0v) is 16.3. The smallest absolute Gasteiger partial charge is 0.279 e. The van der Waals surface area contributed by atoms with Crippen molar-refractivity contribution in [1.82, 2.24) is 4.90 Å². The number of nitrogens with one attached hydrogen (secondary N) is 2. The first-order valence-corrected chi connectivity index (χ1v) is 9.70. The predicted octanol–water partition coefficient (Wildman–Crippen LogP) is 1.88. The first kappa shape index (κ1) is 19.4. The molecule has 1 aliphatic rings. The third kappa shape index (κ3) is 5.08. The number of para-hydroxylation sites is 1. The molecule has 2 N–H and O–H groups in total. The number of halogens is 1. The Morgan fingerprint density at radius 3 is 2.56 bits per heavy atom. The molecule has 0 aromatic heterocycles. The van der Waals surface area contributed by atoms with E-state index in [1.165, 1.54) is 4.90 Å². The average molecular weight is 387 g/mol. The quantitative estimate of drug-likeness (QED) is 0.824. The average Bonchev–Trinajstić information content (AvgIpc) is 2.68. The van der Waals surface area contributed by atoms with Crippen molar-refractivity contribution < 1.29 is 14.5 Å². The van der Waals surface area contributed by atoms with Crippen LogP contribution in [-0.4, -0.2) is 49.4 Å². The van der Waals surface area contributed by atoms with Gasteiger partial charge in [0, 0.05) is 16.3 Å². The molecule has 27 heavy (non-hydrogen) atoms. The van der Waals surface area contributed by atoms with Gasteiger partial charge in [-0.05, 0) is 36.2 Å². The molecular weight excluding hydrogens is 362 g/mol. The Morgan fingerprint density at radius 1 is 1.11 bits per heavy atom. The largest absolute Gasteiger partial charge is 0.327 e. The monoisotopic (exact) mass is 386 g/mol. The molecular formula is C21H25ClN3O2+. The molecule has 2 aromatic rings. The number of hydrogen-bond acceptors (Lipinski definition) is 2. The van der Waals surface area contributed by atoms with Gasteiger partial charge in [0.1, 0.15) is 0 Å². The molecule has 142 valence electrons. The van der Waals surface area contributed by atoms with E-state index in [4.69, 9.17) is 11.6 Å². The van der Waals surface area contributed by atoms with Crippen LogP contribution in [0, 0.1) is 0 Å². The van der Waals surface area contributed by atoms with Crippen molar-refractivity contribution in [3.8, 4) is 0 Å². The highest BCUT2D eigenvalue weighted by Gasteiger charge is 2.26. The van der Waals surface area contributed by atoms with Crippen molar-refractivity contribution in [2.24, 2.45) is 0 Å². The van der Waals surface area contributed by atoms with Crippen molar-refractivity contribution in [3.63, 3.8) is 0 Å².